The lowest BCUT2D eigenvalue weighted by Gasteiger charge is -2.28. The molecule has 0 bridgehead atoms. The topological polar surface area (TPSA) is 99.1 Å². The van der Waals surface area contributed by atoms with Crippen molar-refractivity contribution in [1.82, 2.24) is 0 Å². The van der Waals surface area contributed by atoms with Crippen LogP contribution >= 0.6 is 0 Å². The fraction of sp³-hybridized carbons (Fsp3) is 0.591. The second-order valence-corrected chi connectivity index (χ2v) is 7.57. The van der Waals surface area contributed by atoms with Crippen LogP contribution in [0.3, 0.4) is 0 Å². The van der Waals surface area contributed by atoms with Gasteiger partial charge < -0.3 is 19.3 Å². The van der Waals surface area contributed by atoms with Crippen molar-refractivity contribution < 1.29 is 33.7 Å². The van der Waals surface area contributed by atoms with Crippen LogP contribution in [-0.4, -0.2) is 48.4 Å². The first-order valence-corrected chi connectivity index (χ1v) is 9.98. The van der Waals surface area contributed by atoms with Gasteiger partial charge >= 0.3 is 17.9 Å². The Morgan fingerprint density at radius 3 is 2.72 bits per heavy atom. The third kappa shape index (κ3) is 6.03. The van der Waals surface area contributed by atoms with Crippen molar-refractivity contribution in [3.05, 3.63) is 35.5 Å². The van der Waals surface area contributed by atoms with E-state index in [0.717, 1.165) is 5.57 Å². The van der Waals surface area contributed by atoms with E-state index >= 15 is 0 Å². The molecule has 1 heterocycles. The number of aliphatic hydroxyl groups is 1. The fourth-order valence-electron chi connectivity index (χ4n) is 3.42. The van der Waals surface area contributed by atoms with E-state index in [0.29, 0.717) is 31.3 Å². The number of fused-ring (bicyclic) bond motifs is 1. The van der Waals surface area contributed by atoms with Crippen molar-refractivity contribution in [2.45, 2.75) is 58.7 Å². The third-order valence-electron chi connectivity index (χ3n) is 5.37. The molecule has 4 unspecified atom stereocenters. The summed E-state index contributed by atoms with van der Waals surface area (Å²) in [5.41, 5.74) is 1.74. The summed E-state index contributed by atoms with van der Waals surface area (Å²) in [7, 11) is 0. The molecule has 0 radical (unpaired) electrons. The Balaban J connectivity index is 2.37. The lowest BCUT2D eigenvalue weighted by atomic mass is 9.85. The summed E-state index contributed by atoms with van der Waals surface area (Å²) < 4.78 is 16.4. The van der Waals surface area contributed by atoms with Gasteiger partial charge in [-0.2, -0.15) is 0 Å². The highest BCUT2D eigenvalue weighted by atomic mass is 16.6. The van der Waals surface area contributed by atoms with E-state index in [4.69, 9.17) is 14.2 Å². The van der Waals surface area contributed by atoms with Gasteiger partial charge in [0.1, 0.15) is 18.8 Å². The van der Waals surface area contributed by atoms with Crippen LogP contribution in [0, 0.1) is 11.8 Å². The Bertz CT molecular complexity index is 719. The molecular formula is C22H30O7. The molecule has 2 aliphatic rings. The number of ether oxygens (including phenoxy) is 3. The number of rotatable bonds is 6. The zero-order valence-corrected chi connectivity index (χ0v) is 17.3. The molecule has 1 aliphatic carbocycles. The first-order chi connectivity index (χ1) is 13.8. The largest absolute Gasteiger partial charge is 0.461 e. The van der Waals surface area contributed by atoms with E-state index < -0.39 is 30.1 Å². The molecule has 1 aliphatic heterocycles. The van der Waals surface area contributed by atoms with Crippen molar-refractivity contribution in [2.24, 2.45) is 11.8 Å². The Labute approximate surface area is 171 Å². The monoisotopic (exact) mass is 406 g/mol. The summed E-state index contributed by atoms with van der Waals surface area (Å²) in [6.07, 6.45) is 4.43. The zero-order valence-electron chi connectivity index (χ0n) is 17.3. The van der Waals surface area contributed by atoms with Gasteiger partial charge in [0.25, 0.3) is 0 Å². The van der Waals surface area contributed by atoms with E-state index in [2.05, 4.69) is 6.58 Å². The average molecular weight is 406 g/mol. The summed E-state index contributed by atoms with van der Waals surface area (Å²) >= 11 is 0. The van der Waals surface area contributed by atoms with E-state index in [1.807, 2.05) is 13.0 Å². The van der Waals surface area contributed by atoms with Gasteiger partial charge in [-0.3, -0.25) is 9.59 Å². The molecule has 0 spiro atoms. The molecule has 7 nitrogen and oxygen atoms in total. The first-order valence-electron chi connectivity index (χ1n) is 9.98. The van der Waals surface area contributed by atoms with Crippen molar-refractivity contribution >= 4 is 17.9 Å². The molecule has 160 valence electrons. The molecule has 1 saturated heterocycles. The van der Waals surface area contributed by atoms with E-state index in [9.17, 15) is 19.5 Å². The van der Waals surface area contributed by atoms with E-state index in [1.54, 1.807) is 13.0 Å². The van der Waals surface area contributed by atoms with Crippen LogP contribution in [0.1, 0.15) is 46.5 Å². The van der Waals surface area contributed by atoms with Crippen LogP contribution < -0.4 is 0 Å². The Kier molecular flexibility index (Phi) is 8.20. The quantitative estimate of drug-likeness (QED) is 0.313. The van der Waals surface area contributed by atoms with Gasteiger partial charge in [0.15, 0.2) is 0 Å². The summed E-state index contributed by atoms with van der Waals surface area (Å²) in [5.74, 6) is -2.17. The van der Waals surface area contributed by atoms with Crippen LogP contribution in [0.25, 0.3) is 0 Å². The number of hydrogen-bond acceptors (Lipinski definition) is 7. The molecule has 0 aromatic carbocycles. The maximum Gasteiger partial charge on any atom is 0.334 e. The van der Waals surface area contributed by atoms with Crippen molar-refractivity contribution in [3.8, 4) is 0 Å². The number of carbonyl (C=O) groups excluding carboxylic acids is 3. The minimum Gasteiger partial charge on any atom is -0.461 e. The summed E-state index contributed by atoms with van der Waals surface area (Å²) in [6, 6.07) is 0. The minimum atomic E-state index is -0.768. The highest BCUT2D eigenvalue weighted by Gasteiger charge is 2.45. The second-order valence-electron chi connectivity index (χ2n) is 7.57. The van der Waals surface area contributed by atoms with Crippen LogP contribution in [0.4, 0.5) is 0 Å². The molecule has 1 fully saturated rings. The maximum atomic E-state index is 12.5. The third-order valence-corrected chi connectivity index (χ3v) is 5.37. The van der Waals surface area contributed by atoms with E-state index in [-0.39, 0.29) is 30.7 Å². The minimum absolute atomic E-state index is 0.0953. The molecule has 7 heteroatoms. The number of allylic oxidation sites excluding steroid dienone is 1. The molecule has 0 aromatic heterocycles. The predicted molar refractivity (Wildman–Crippen MR) is 106 cm³/mol. The van der Waals surface area contributed by atoms with Gasteiger partial charge in [-0.1, -0.05) is 26.5 Å². The van der Waals surface area contributed by atoms with Gasteiger partial charge in [0.05, 0.1) is 18.4 Å². The molecule has 0 saturated carbocycles. The van der Waals surface area contributed by atoms with Crippen molar-refractivity contribution in [1.29, 1.82) is 0 Å². The molecular weight excluding hydrogens is 376 g/mol. The van der Waals surface area contributed by atoms with Gasteiger partial charge in [-0.25, -0.2) is 4.79 Å². The van der Waals surface area contributed by atoms with Crippen LogP contribution in [0.15, 0.2) is 35.5 Å². The summed E-state index contributed by atoms with van der Waals surface area (Å²) in [5, 5.41) is 9.76. The van der Waals surface area contributed by atoms with E-state index in [1.165, 1.54) is 6.92 Å². The van der Waals surface area contributed by atoms with Gasteiger partial charge in [0, 0.05) is 18.9 Å². The maximum absolute atomic E-state index is 12.5. The summed E-state index contributed by atoms with van der Waals surface area (Å²) in [4.78, 5) is 35.9. The number of esters is 3. The molecule has 1 N–H and O–H groups in total. The Hall–Kier alpha value is -2.41. The van der Waals surface area contributed by atoms with Crippen LogP contribution in [0.2, 0.25) is 0 Å². The lowest BCUT2D eigenvalue weighted by Crippen LogP contribution is -2.34. The molecule has 0 amide bonds. The fourth-order valence-corrected chi connectivity index (χ4v) is 3.42. The number of aliphatic hydroxyl groups excluding tert-OH is 1. The standard InChI is InChI=1S/C22H30O7/c1-5-13(2)21(25)28-18-9-16(11-23)7-6-8-17(12-27-15(4)24)10-19-20(18)14(3)22(26)29-19/h8-9,13,18-20,23H,3,5-7,10-12H2,1-2,4H3. The predicted octanol–water partition coefficient (Wildman–Crippen LogP) is 2.63. The van der Waals surface area contributed by atoms with Crippen molar-refractivity contribution in [2.75, 3.05) is 13.2 Å². The molecule has 0 aromatic rings. The first kappa shape index (κ1) is 22.9. The number of hydrogen-bond donors (Lipinski definition) is 1. The van der Waals surface area contributed by atoms with Gasteiger partial charge in [-0.15, -0.1) is 0 Å². The van der Waals surface area contributed by atoms with Gasteiger partial charge in [-0.05, 0) is 36.5 Å². The summed E-state index contributed by atoms with van der Waals surface area (Å²) in [6.45, 7) is 8.76. The molecule has 2 rings (SSSR count). The molecule has 4 atom stereocenters. The smallest absolute Gasteiger partial charge is 0.334 e. The second kappa shape index (κ2) is 10.4. The Morgan fingerprint density at radius 1 is 1.38 bits per heavy atom. The SMILES string of the molecule is C=C1C(=O)OC2CC(COC(C)=O)=CCCC(CO)=CC(OC(=O)C(C)CC)C12. The average Bonchev–Trinajstić information content (AvgIpc) is 2.96. The van der Waals surface area contributed by atoms with Crippen molar-refractivity contribution in [3.63, 3.8) is 0 Å². The van der Waals surface area contributed by atoms with Crippen LogP contribution in [0.5, 0.6) is 0 Å². The zero-order chi connectivity index (χ0) is 21.6. The number of carbonyl (C=O) groups is 3. The highest BCUT2D eigenvalue weighted by Crippen LogP contribution is 2.37. The Morgan fingerprint density at radius 2 is 2.10 bits per heavy atom. The van der Waals surface area contributed by atoms with Gasteiger partial charge in [0.2, 0.25) is 0 Å². The lowest BCUT2D eigenvalue weighted by molar-refractivity contribution is -0.154. The normalized spacial score (nSPS) is 25.9. The highest BCUT2D eigenvalue weighted by molar-refractivity contribution is 5.91. The molecule has 29 heavy (non-hydrogen) atoms. The van der Waals surface area contributed by atoms with Crippen LogP contribution in [-0.2, 0) is 28.6 Å².